The number of nitrogens with one attached hydrogen (secondary N) is 1. The molecule has 112 valence electrons. The van der Waals surface area contributed by atoms with E-state index >= 15 is 0 Å². The smallest absolute Gasteiger partial charge is 0.247 e. The van der Waals surface area contributed by atoms with Crippen LogP contribution in [0.1, 0.15) is 33.1 Å². The number of hydrogen-bond donors (Lipinski definition) is 1. The average Bonchev–Trinajstić information content (AvgIpc) is 2.85. The van der Waals surface area contributed by atoms with Gasteiger partial charge in [0.15, 0.2) is 9.84 Å². The van der Waals surface area contributed by atoms with E-state index in [0.29, 0.717) is 0 Å². The third-order valence-corrected chi connectivity index (χ3v) is 5.23. The summed E-state index contributed by atoms with van der Waals surface area (Å²) < 4.78 is 22.7. The summed E-state index contributed by atoms with van der Waals surface area (Å²) in [6, 6.07) is -1.06. The van der Waals surface area contributed by atoms with Crippen molar-refractivity contribution in [2.45, 2.75) is 51.2 Å². The largest absolute Gasteiger partial charge is 0.298 e. The summed E-state index contributed by atoms with van der Waals surface area (Å²) >= 11 is 0. The monoisotopic (exact) mass is 300 g/mol. The highest BCUT2D eigenvalue weighted by Gasteiger charge is 2.42. The molecule has 0 radical (unpaired) electrons. The molecule has 7 heteroatoms. The van der Waals surface area contributed by atoms with Crippen LogP contribution in [0.2, 0.25) is 0 Å². The molecule has 1 saturated heterocycles. The number of carbonyl (C=O) groups is 2. The van der Waals surface area contributed by atoms with E-state index in [-0.39, 0.29) is 36.1 Å². The van der Waals surface area contributed by atoms with Crippen LogP contribution in [0.25, 0.3) is 0 Å². The first kappa shape index (κ1) is 15.2. The van der Waals surface area contributed by atoms with E-state index in [4.69, 9.17) is 0 Å². The maximum absolute atomic E-state index is 12.3. The first-order valence-corrected chi connectivity index (χ1v) is 8.62. The van der Waals surface area contributed by atoms with Gasteiger partial charge in [0.05, 0.1) is 18.2 Å². The number of rotatable bonds is 5. The number of sulfone groups is 1. The fraction of sp³-hybridized carbons (Fsp3) is 0.692. The third kappa shape index (κ3) is 2.93. The zero-order valence-corrected chi connectivity index (χ0v) is 12.5. The van der Waals surface area contributed by atoms with E-state index in [0.717, 1.165) is 18.2 Å². The van der Waals surface area contributed by atoms with Crippen molar-refractivity contribution >= 4 is 21.7 Å². The number of carbonyl (C=O) groups excluding carboxylic acids is 2. The fourth-order valence-corrected chi connectivity index (χ4v) is 4.00. The van der Waals surface area contributed by atoms with Crippen LogP contribution in [-0.2, 0) is 19.4 Å². The molecular weight excluding hydrogens is 280 g/mol. The van der Waals surface area contributed by atoms with Gasteiger partial charge < -0.3 is 0 Å². The summed E-state index contributed by atoms with van der Waals surface area (Å²) in [7, 11) is -3.16. The molecule has 0 saturated carbocycles. The highest BCUT2D eigenvalue weighted by molar-refractivity contribution is 7.94. The lowest BCUT2D eigenvalue weighted by Crippen LogP contribution is -2.46. The lowest BCUT2D eigenvalue weighted by Gasteiger charge is -2.24. The van der Waals surface area contributed by atoms with Crippen molar-refractivity contribution in [2.24, 2.45) is 0 Å². The number of amides is 2. The molecule has 0 aliphatic carbocycles. The van der Waals surface area contributed by atoms with Gasteiger partial charge in [0.2, 0.25) is 11.8 Å². The Hall–Kier alpha value is -1.21. The molecular formula is C13H20N2O4S. The quantitative estimate of drug-likeness (QED) is 0.734. The van der Waals surface area contributed by atoms with Crippen LogP contribution in [0, 0.1) is 0 Å². The van der Waals surface area contributed by atoms with Crippen LogP contribution in [0.4, 0.5) is 0 Å². The average molecular weight is 300 g/mol. The van der Waals surface area contributed by atoms with Gasteiger partial charge >= 0.3 is 0 Å². The summed E-state index contributed by atoms with van der Waals surface area (Å²) in [5, 5.41) is 4.13. The van der Waals surface area contributed by atoms with Crippen molar-refractivity contribution < 1.29 is 18.0 Å². The van der Waals surface area contributed by atoms with E-state index in [1.165, 1.54) is 11.0 Å². The van der Waals surface area contributed by atoms with Crippen molar-refractivity contribution in [3.8, 4) is 0 Å². The van der Waals surface area contributed by atoms with E-state index in [1.54, 1.807) is 0 Å². The molecule has 2 amide bonds. The minimum Gasteiger partial charge on any atom is -0.298 e. The molecule has 2 rings (SSSR count). The minimum atomic E-state index is -3.16. The molecule has 0 aromatic rings. The van der Waals surface area contributed by atoms with Gasteiger partial charge in [0, 0.05) is 17.5 Å². The molecule has 2 unspecified atom stereocenters. The van der Waals surface area contributed by atoms with Gasteiger partial charge in [-0.2, -0.15) is 0 Å². The number of hydrogen-bond acceptors (Lipinski definition) is 5. The van der Waals surface area contributed by atoms with Gasteiger partial charge in [-0.15, -0.1) is 0 Å². The summed E-state index contributed by atoms with van der Waals surface area (Å²) in [6.45, 7) is 3.89. The lowest BCUT2D eigenvalue weighted by atomic mass is 10.1. The molecule has 2 aliphatic heterocycles. The zero-order chi connectivity index (χ0) is 14.9. The van der Waals surface area contributed by atoms with Gasteiger partial charge in [-0.05, 0) is 12.8 Å². The predicted molar refractivity (Wildman–Crippen MR) is 74.5 cm³/mol. The second-order valence-corrected chi connectivity index (χ2v) is 7.19. The van der Waals surface area contributed by atoms with E-state index < -0.39 is 15.9 Å². The molecule has 2 heterocycles. The maximum atomic E-state index is 12.3. The Bertz CT molecular complexity index is 537. The highest BCUT2D eigenvalue weighted by atomic mass is 32.2. The molecule has 0 aromatic carbocycles. The third-order valence-electron chi connectivity index (χ3n) is 3.84. The second-order valence-electron chi connectivity index (χ2n) is 5.26. The van der Waals surface area contributed by atoms with Crippen molar-refractivity contribution in [3.63, 3.8) is 0 Å². The van der Waals surface area contributed by atoms with E-state index in [2.05, 4.69) is 5.32 Å². The first-order valence-electron chi connectivity index (χ1n) is 6.90. The van der Waals surface area contributed by atoms with Crippen molar-refractivity contribution in [3.05, 3.63) is 11.5 Å². The number of likely N-dealkylation sites (tertiary alicyclic amines) is 1. The Morgan fingerprint density at radius 1 is 1.35 bits per heavy atom. The van der Waals surface area contributed by atoms with Gasteiger partial charge in [0.1, 0.15) is 0 Å². The molecule has 0 bridgehead atoms. The Morgan fingerprint density at radius 2 is 2.00 bits per heavy atom. The van der Waals surface area contributed by atoms with Crippen LogP contribution in [-0.4, -0.2) is 49.0 Å². The van der Waals surface area contributed by atoms with Crippen LogP contribution in [0.15, 0.2) is 11.5 Å². The topological polar surface area (TPSA) is 83.6 Å². The van der Waals surface area contributed by atoms with Crippen molar-refractivity contribution in [2.75, 3.05) is 5.75 Å². The molecule has 6 nitrogen and oxygen atoms in total. The van der Waals surface area contributed by atoms with Gasteiger partial charge in [-0.3, -0.25) is 19.8 Å². The summed E-state index contributed by atoms with van der Waals surface area (Å²) in [5.74, 6) is -0.455. The molecule has 20 heavy (non-hydrogen) atoms. The Morgan fingerprint density at radius 3 is 2.50 bits per heavy atom. The summed E-state index contributed by atoms with van der Waals surface area (Å²) in [6.07, 6.45) is 3.11. The molecule has 0 spiro atoms. The lowest BCUT2D eigenvalue weighted by molar-refractivity contribution is -0.141. The molecule has 0 aromatic heterocycles. The SMILES string of the molecule is CCC(CC)N1C(=O)CC(NC2C=CS(=O)(=O)C2)C1=O. The standard InChI is InChI=1S/C13H20N2O4S/c1-3-10(4-2)15-12(16)7-11(13(15)17)14-9-5-6-20(18,19)8-9/h5-6,9-11,14H,3-4,7-8H2,1-2H3. The minimum absolute atomic E-state index is 0.0457. The van der Waals surface area contributed by atoms with Gasteiger partial charge in [0.25, 0.3) is 0 Å². The fourth-order valence-electron chi connectivity index (χ4n) is 2.76. The predicted octanol–water partition coefficient (Wildman–Crippen LogP) is 0.203. The van der Waals surface area contributed by atoms with E-state index in [1.807, 2.05) is 13.8 Å². The van der Waals surface area contributed by atoms with Crippen LogP contribution in [0.5, 0.6) is 0 Å². The number of imide groups is 1. The molecule has 2 atom stereocenters. The first-order chi connectivity index (χ1) is 9.38. The maximum Gasteiger partial charge on any atom is 0.247 e. The van der Waals surface area contributed by atoms with Crippen LogP contribution >= 0.6 is 0 Å². The van der Waals surface area contributed by atoms with E-state index in [9.17, 15) is 18.0 Å². The van der Waals surface area contributed by atoms with Gasteiger partial charge in [-0.1, -0.05) is 19.9 Å². The molecule has 2 aliphatic rings. The van der Waals surface area contributed by atoms with Crippen molar-refractivity contribution in [1.82, 2.24) is 10.2 Å². The highest BCUT2D eigenvalue weighted by Crippen LogP contribution is 2.21. The second kappa shape index (κ2) is 5.65. The normalized spacial score (nSPS) is 28.9. The number of nitrogens with zero attached hydrogens (tertiary/aromatic N) is 1. The van der Waals surface area contributed by atoms with Crippen molar-refractivity contribution in [1.29, 1.82) is 0 Å². The zero-order valence-electron chi connectivity index (χ0n) is 11.7. The summed E-state index contributed by atoms with van der Waals surface area (Å²) in [5.41, 5.74) is 0. The van der Waals surface area contributed by atoms with Crippen LogP contribution < -0.4 is 5.32 Å². The summed E-state index contributed by atoms with van der Waals surface area (Å²) in [4.78, 5) is 25.6. The Balaban J connectivity index is 2.04. The Kier molecular flexibility index (Phi) is 4.29. The molecule has 1 N–H and O–H groups in total. The Labute approximate surface area is 119 Å². The van der Waals surface area contributed by atoms with Gasteiger partial charge in [-0.25, -0.2) is 8.42 Å². The molecule has 1 fully saturated rings. The van der Waals surface area contributed by atoms with Crippen LogP contribution in [0.3, 0.4) is 0 Å².